The molecule has 1 saturated carbocycles. The van der Waals surface area contributed by atoms with E-state index in [9.17, 15) is 9.59 Å². The van der Waals surface area contributed by atoms with Crippen LogP contribution in [0.3, 0.4) is 0 Å². The summed E-state index contributed by atoms with van der Waals surface area (Å²) >= 11 is 1.91. The van der Waals surface area contributed by atoms with E-state index in [2.05, 4.69) is 59.7 Å². The predicted molar refractivity (Wildman–Crippen MR) is 164 cm³/mol. The SMILES string of the molecule is COC(=O)/C=C/c1cccc(N(Cc2ccc(-c3ccc(N(C)C)cc3)cc2)C(=O)C2CCC(SC)CC2)c1. The summed E-state index contributed by atoms with van der Waals surface area (Å²) in [5.41, 5.74) is 6.23. The number of benzene rings is 3. The lowest BCUT2D eigenvalue weighted by molar-refractivity contribution is -0.134. The van der Waals surface area contributed by atoms with E-state index in [1.54, 1.807) is 6.08 Å². The molecule has 3 aromatic rings. The van der Waals surface area contributed by atoms with Gasteiger partial charge >= 0.3 is 5.97 Å². The number of carbonyl (C=O) groups is 2. The lowest BCUT2D eigenvalue weighted by atomic mass is 9.87. The Morgan fingerprint density at radius 2 is 1.54 bits per heavy atom. The van der Waals surface area contributed by atoms with E-state index in [-0.39, 0.29) is 11.8 Å². The van der Waals surface area contributed by atoms with Gasteiger partial charge in [0.1, 0.15) is 0 Å². The summed E-state index contributed by atoms with van der Waals surface area (Å²) in [6.07, 6.45) is 9.28. The maximum atomic E-state index is 13.9. The molecule has 0 N–H and O–H groups in total. The van der Waals surface area contributed by atoms with Gasteiger partial charge in [-0.25, -0.2) is 4.79 Å². The third-order valence-electron chi connectivity index (χ3n) is 7.43. The Bertz CT molecular complexity index is 1280. The number of carbonyl (C=O) groups excluding carboxylic acids is 2. The first kappa shape index (κ1) is 28.5. The van der Waals surface area contributed by atoms with Gasteiger partial charge in [-0.2, -0.15) is 11.8 Å². The van der Waals surface area contributed by atoms with E-state index in [0.717, 1.165) is 53.6 Å². The van der Waals surface area contributed by atoms with Crippen molar-refractivity contribution in [2.75, 3.05) is 37.3 Å². The highest BCUT2D eigenvalue weighted by atomic mass is 32.2. The highest BCUT2D eigenvalue weighted by Crippen LogP contribution is 2.34. The first-order valence-electron chi connectivity index (χ1n) is 13.4. The Kier molecular flexibility index (Phi) is 9.88. The largest absolute Gasteiger partial charge is 0.466 e. The zero-order chi connectivity index (χ0) is 27.8. The number of methoxy groups -OCH3 is 1. The van der Waals surface area contributed by atoms with Crippen LogP contribution < -0.4 is 9.80 Å². The molecule has 6 heteroatoms. The summed E-state index contributed by atoms with van der Waals surface area (Å²) in [6.45, 7) is 0.491. The second-order valence-corrected chi connectivity index (χ2v) is 11.4. The fraction of sp³-hybridized carbons (Fsp3) is 0.333. The molecule has 1 aliphatic rings. The normalized spacial score (nSPS) is 17.1. The molecule has 0 aromatic heterocycles. The summed E-state index contributed by atoms with van der Waals surface area (Å²) in [5.74, 6) is -0.209. The zero-order valence-electron chi connectivity index (χ0n) is 23.3. The Morgan fingerprint density at radius 1 is 0.897 bits per heavy atom. The highest BCUT2D eigenvalue weighted by molar-refractivity contribution is 7.99. The molecule has 0 saturated heterocycles. The van der Waals surface area contributed by atoms with Crippen molar-refractivity contribution in [2.45, 2.75) is 37.5 Å². The van der Waals surface area contributed by atoms with Crippen LogP contribution in [-0.2, 0) is 20.9 Å². The van der Waals surface area contributed by atoms with Crippen LogP contribution in [0.2, 0.25) is 0 Å². The molecule has 0 aliphatic heterocycles. The second kappa shape index (κ2) is 13.5. The van der Waals surface area contributed by atoms with E-state index in [0.29, 0.717) is 11.8 Å². The molecule has 0 bridgehead atoms. The summed E-state index contributed by atoms with van der Waals surface area (Å²) in [7, 11) is 5.44. The number of amides is 1. The molecule has 0 unspecified atom stereocenters. The maximum Gasteiger partial charge on any atom is 0.330 e. The molecule has 0 radical (unpaired) electrons. The molecule has 39 heavy (non-hydrogen) atoms. The van der Waals surface area contributed by atoms with Crippen molar-refractivity contribution in [3.63, 3.8) is 0 Å². The van der Waals surface area contributed by atoms with Crippen molar-refractivity contribution in [2.24, 2.45) is 5.92 Å². The van der Waals surface area contributed by atoms with Crippen LogP contribution in [0.15, 0.2) is 78.9 Å². The number of esters is 1. The van der Waals surface area contributed by atoms with Gasteiger partial charge in [-0.05, 0) is 84.5 Å². The van der Waals surface area contributed by atoms with E-state index in [1.807, 2.05) is 55.0 Å². The number of anilines is 2. The Balaban J connectivity index is 1.58. The van der Waals surface area contributed by atoms with Crippen LogP contribution >= 0.6 is 11.8 Å². The number of ether oxygens (including phenoxy) is 1. The average molecular weight is 543 g/mol. The van der Waals surface area contributed by atoms with Crippen LogP contribution in [0.1, 0.15) is 36.8 Å². The Morgan fingerprint density at radius 3 is 2.13 bits per heavy atom. The van der Waals surface area contributed by atoms with Crippen LogP contribution in [0.25, 0.3) is 17.2 Å². The Hall–Kier alpha value is -3.51. The summed E-state index contributed by atoms with van der Waals surface area (Å²) in [6, 6.07) is 24.8. The van der Waals surface area contributed by atoms with Gasteiger partial charge in [0.15, 0.2) is 0 Å². The molecule has 0 spiro atoms. The molecular formula is C33H38N2O3S. The number of nitrogens with zero attached hydrogens (tertiary/aromatic N) is 2. The van der Waals surface area contributed by atoms with Crippen molar-refractivity contribution in [1.82, 2.24) is 0 Å². The van der Waals surface area contributed by atoms with Gasteiger partial charge in [-0.1, -0.05) is 48.5 Å². The zero-order valence-corrected chi connectivity index (χ0v) is 24.1. The van der Waals surface area contributed by atoms with Crippen molar-refractivity contribution in [1.29, 1.82) is 0 Å². The minimum atomic E-state index is -0.407. The van der Waals surface area contributed by atoms with Gasteiger partial charge in [0, 0.05) is 42.7 Å². The lowest BCUT2D eigenvalue weighted by Crippen LogP contribution is -2.37. The van der Waals surface area contributed by atoms with E-state index >= 15 is 0 Å². The van der Waals surface area contributed by atoms with Crippen LogP contribution in [0, 0.1) is 5.92 Å². The number of hydrogen-bond acceptors (Lipinski definition) is 5. The smallest absolute Gasteiger partial charge is 0.330 e. The van der Waals surface area contributed by atoms with Crippen molar-refractivity contribution in [3.05, 3.63) is 90.0 Å². The molecule has 5 nitrogen and oxygen atoms in total. The number of rotatable bonds is 9. The third kappa shape index (κ3) is 7.54. The molecule has 4 rings (SSSR count). The van der Waals surface area contributed by atoms with Crippen molar-refractivity contribution < 1.29 is 14.3 Å². The number of hydrogen-bond donors (Lipinski definition) is 0. The van der Waals surface area contributed by atoms with Gasteiger partial charge < -0.3 is 14.5 Å². The second-order valence-electron chi connectivity index (χ2n) is 10.2. The van der Waals surface area contributed by atoms with E-state index in [4.69, 9.17) is 4.74 Å². The van der Waals surface area contributed by atoms with Gasteiger partial charge in [0.05, 0.1) is 13.7 Å². The van der Waals surface area contributed by atoms with E-state index < -0.39 is 5.97 Å². The third-order valence-corrected chi connectivity index (χ3v) is 8.57. The van der Waals surface area contributed by atoms with Gasteiger partial charge in [-0.15, -0.1) is 0 Å². The van der Waals surface area contributed by atoms with Crippen LogP contribution in [0.4, 0.5) is 11.4 Å². The molecule has 1 fully saturated rings. The molecule has 1 aliphatic carbocycles. The molecular weight excluding hydrogens is 504 g/mol. The minimum Gasteiger partial charge on any atom is -0.466 e. The van der Waals surface area contributed by atoms with Crippen LogP contribution in [0.5, 0.6) is 0 Å². The molecule has 3 aromatic carbocycles. The minimum absolute atomic E-state index is 0.0251. The first-order chi connectivity index (χ1) is 18.9. The van der Waals surface area contributed by atoms with Gasteiger partial charge in [-0.3, -0.25) is 4.79 Å². The quantitative estimate of drug-likeness (QED) is 0.214. The molecule has 0 atom stereocenters. The Labute approximate surface area is 236 Å². The first-order valence-corrected chi connectivity index (χ1v) is 14.7. The van der Waals surface area contributed by atoms with Gasteiger partial charge in [0.2, 0.25) is 5.91 Å². The summed E-state index contributed by atoms with van der Waals surface area (Å²) < 4.78 is 4.73. The topological polar surface area (TPSA) is 49.9 Å². The molecule has 0 heterocycles. The fourth-order valence-electron chi connectivity index (χ4n) is 5.03. The monoisotopic (exact) mass is 542 g/mol. The van der Waals surface area contributed by atoms with Crippen molar-refractivity contribution >= 4 is 41.1 Å². The molecule has 1 amide bonds. The predicted octanol–water partition coefficient (Wildman–Crippen LogP) is 7.06. The van der Waals surface area contributed by atoms with Gasteiger partial charge in [0.25, 0.3) is 0 Å². The standard InChI is InChI=1S/C33H38N2O3S/c1-34(2)29-17-13-27(14-18-29)26-11-8-25(9-12-26)23-35(33(37)28-15-19-31(39-4)20-16-28)30-7-5-6-24(22-30)10-21-32(36)38-3/h5-14,17-18,21-22,28,31H,15-16,19-20,23H2,1-4H3/b21-10+. The highest BCUT2D eigenvalue weighted by Gasteiger charge is 2.30. The lowest BCUT2D eigenvalue weighted by Gasteiger charge is -2.32. The van der Waals surface area contributed by atoms with Crippen molar-refractivity contribution in [3.8, 4) is 11.1 Å². The summed E-state index contributed by atoms with van der Waals surface area (Å²) in [5, 5.41) is 0.647. The maximum absolute atomic E-state index is 13.9. The number of thioether (sulfide) groups is 1. The summed E-state index contributed by atoms with van der Waals surface area (Å²) in [4.78, 5) is 29.5. The fourth-order valence-corrected chi connectivity index (χ4v) is 5.77. The van der Waals surface area contributed by atoms with E-state index in [1.165, 1.54) is 18.9 Å². The van der Waals surface area contributed by atoms with Crippen LogP contribution in [-0.4, -0.2) is 44.6 Å². The average Bonchev–Trinajstić information content (AvgIpc) is 2.98. The molecule has 204 valence electrons.